The van der Waals surface area contributed by atoms with E-state index in [1.807, 2.05) is 48.5 Å². The van der Waals surface area contributed by atoms with E-state index in [0.717, 1.165) is 35.5 Å². The fourth-order valence-corrected chi connectivity index (χ4v) is 2.97. The van der Waals surface area contributed by atoms with E-state index in [2.05, 4.69) is 22.8 Å². The topological polar surface area (TPSA) is 121 Å². The fourth-order valence-electron chi connectivity index (χ4n) is 2.97. The van der Waals surface area contributed by atoms with E-state index in [1.54, 1.807) is 0 Å². The molecule has 2 aromatic carbocycles. The van der Waals surface area contributed by atoms with Crippen molar-refractivity contribution < 1.29 is 33.3 Å². The minimum absolute atomic E-state index is 0.675. The Morgan fingerprint density at radius 1 is 0.786 bits per heavy atom. The van der Waals surface area contributed by atoms with Crippen LogP contribution < -0.4 is 28.7 Å². The molecule has 2 heterocycles. The van der Waals surface area contributed by atoms with Crippen LogP contribution in [0.25, 0.3) is 22.8 Å². The van der Waals surface area contributed by atoms with Crippen molar-refractivity contribution in [2.75, 3.05) is 13.1 Å². The second kappa shape index (κ2) is 9.09. The molecule has 8 heteroatoms. The van der Waals surface area contributed by atoms with Gasteiger partial charge in [-0.3, -0.25) is 4.58 Å². The maximum atomic E-state index is 8.49. The van der Waals surface area contributed by atoms with Crippen LogP contribution in [-0.4, -0.2) is 18.1 Å². The molecule has 0 spiro atoms. The smallest absolute Gasteiger partial charge is 0.341 e. The average molecular weight is 403 g/mol. The second-order valence-corrected chi connectivity index (χ2v) is 6.95. The Labute approximate surface area is 164 Å². The second-order valence-electron chi connectivity index (χ2n) is 6.19. The summed E-state index contributed by atoms with van der Waals surface area (Å²) < 4.78 is 42.4. The highest BCUT2D eigenvalue weighted by Crippen LogP contribution is 2.22. The lowest BCUT2D eigenvalue weighted by atomic mass is 10.1. The van der Waals surface area contributed by atoms with Crippen LogP contribution in [0.15, 0.2) is 71.1 Å². The van der Waals surface area contributed by atoms with Gasteiger partial charge in [-0.1, -0.05) is 48.5 Å². The molecule has 0 atom stereocenters. The molecule has 7 nitrogen and oxygen atoms in total. The zero-order chi connectivity index (χ0) is 20.0. The molecule has 146 valence electrons. The van der Waals surface area contributed by atoms with Gasteiger partial charge >= 0.3 is 11.4 Å². The lowest BCUT2D eigenvalue weighted by molar-refractivity contribution is -2.00. The summed E-state index contributed by atoms with van der Waals surface area (Å²) in [6, 6.07) is 22.4. The zero-order valence-corrected chi connectivity index (χ0v) is 15.7. The van der Waals surface area contributed by atoms with Crippen molar-refractivity contribution in [2.45, 2.75) is 12.8 Å². The lowest BCUT2D eigenvalue weighted by Crippen LogP contribution is -2.68. The third kappa shape index (κ3) is 5.98. The van der Waals surface area contributed by atoms with E-state index in [1.165, 1.54) is 12.8 Å². The molecule has 0 saturated carbocycles. The maximum Gasteiger partial charge on any atom is 0.341 e. The molecule has 28 heavy (non-hydrogen) atoms. The molecule has 1 fully saturated rings. The van der Waals surface area contributed by atoms with Gasteiger partial charge in [-0.2, -0.15) is 0 Å². The highest BCUT2D eigenvalue weighted by molar-refractivity contribution is 5.59. The predicted molar refractivity (Wildman–Crippen MR) is 91.6 cm³/mol. The molecule has 1 saturated heterocycles. The van der Waals surface area contributed by atoms with E-state index in [0.29, 0.717) is 5.89 Å². The number of rotatable bonds is 2. The molecule has 0 N–H and O–H groups in total. The average Bonchev–Trinajstić information content (AvgIpc) is 3.23. The van der Waals surface area contributed by atoms with Crippen molar-refractivity contribution in [1.82, 2.24) is 9.56 Å². The largest absolute Gasteiger partial charge is 0.419 e. The highest BCUT2D eigenvalue weighted by Gasteiger charge is 2.17. The third-order valence-electron chi connectivity index (χ3n) is 4.19. The van der Waals surface area contributed by atoms with Gasteiger partial charge in [0.2, 0.25) is 0 Å². The number of hydrogen-bond acceptors (Lipinski definition) is 6. The summed E-state index contributed by atoms with van der Waals surface area (Å²) in [5, 5.41) is 0. The molecule has 1 aliphatic heterocycles. The molecule has 3 aromatic rings. The number of hydrogen-bond donors (Lipinski definition) is 0. The van der Waals surface area contributed by atoms with Crippen molar-refractivity contribution in [1.29, 1.82) is 0 Å². The standard InChI is InChI=1S/C20H19N2O.ClHO4/c1-3-9-16(10-4-1)18-15-19(22-13-7-8-14-22)21-20(23-18)17-11-5-2-6-12-17;2-1(3,4)5/h1-6,9-12,15H,7-8,13-14H2;(H,2,3,4,5)/q+1;/p-1. The van der Waals surface area contributed by atoms with Crippen LogP contribution in [-0.2, 0) is 0 Å². The third-order valence-corrected chi connectivity index (χ3v) is 4.19. The van der Waals surface area contributed by atoms with Crippen molar-refractivity contribution in [2.24, 2.45) is 0 Å². The number of nitrogens with zero attached hydrogens (tertiary/aromatic N) is 2. The first-order valence-electron chi connectivity index (χ1n) is 8.73. The van der Waals surface area contributed by atoms with Crippen LogP contribution in [0, 0.1) is 10.2 Å². The summed E-state index contributed by atoms with van der Waals surface area (Å²) in [7, 11) is -4.94. The van der Waals surface area contributed by atoms with Crippen LogP contribution >= 0.6 is 0 Å². The Bertz CT molecular complexity index is 894. The van der Waals surface area contributed by atoms with Crippen LogP contribution in [0.1, 0.15) is 12.8 Å². The van der Waals surface area contributed by atoms with Gasteiger partial charge in [0.1, 0.15) is 5.76 Å². The SMILES string of the molecule is [O-][Cl+3]([O-])([O-])[O-].c1ccc(-c2cc(=[N+]3CCCC3)nc(-c3ccccc3)o2)cc1. The highest BCUT2D eigenvalue weighted by atomic mass is 35.7. The molecule has 4 rings (SSSR count). The van der Waals surface area contributed by atoms with Gasteiger partial charge < -0.3 is 4.42 Å². The van der Waals surface area contributed by atoms with Crippen molar-refractivity contribution in [3.8, 4) is 22.8 Å². The number of halogens is 1. The van der Waals surface area contributed by atoms with Crippen LogP contribution in [0.3, 0.4) is 0 Å². The Balaban J connectivity index is 0.000000403. The number of benzene rings is 2. The summed E-state index contributed by atoms with van der Waals surface area (Å²) in [6.07, 6.45) is 2.46. The summed E-state index contributed by atoms with van der Waals surface area (Å²) in [5.41, 5.74) is 3.09. The van der Waals surface area contributed by atoms with Gasteiger partial charge in [-0.25, -0.2) is 18.6 Å². The Morgan fingerprint density at radius 3 is 1.82 bits per heavy atom. The minimum atomic E-state index is -4.94. The zero-order valence-electron chi connectivity index (χ0n) is 15.0. The Morgan fingerprint density at radius 2 is 1.29 bits per heavy atom. The van der Waals surface area contributed by atoms with E-state index in [-0.39, 0.29) is 0 Å². The summed E-state index contributed by atoms with van der Waals surface area (Å²) in [6.45, 7) is 2.14. The van der Waals surface area contributed by atoms with Gasteiger partial charge in [0.25, 0.3) is 0 Å². The summed E-state index contributed by atoms with van der Waals surface area (Å²) >= 11 is 0. The van der Waals surface area contributed by atoms with E-state index < -0.39 is 10.2 Å². The first-order valence-corrected chi connectivity index (χ1v) is 9.96. The van der Waals surface area contributed by atoms with Crippen molar-refractivity contribution >= 4 is 0 Å². The van der Waals surface area contributed by atoms with Gasteiger partial charge in [-0.05, 0) is 30.0 Å². The number of aromatic nitrogens is 1. The Hall–Kier alpha value is -2.55. The Kier molecular flexibility index (Phi) is 6.56. The maximum absolute atomic E-state index is 8.49. The quantitative estimate of drug-likeness (QED) is 0.497. The van der Waals surface area contributed by atoms with E-state index in [4.69, 9.17) is 28.0 Å². The van der Waals surface area contributed by atoms with Crippen molar-refractivity contribution in [3.63, 3.8) is 0 Å². The summed E-state index contributed by atoms with van der Waals surface area (Å²) in [5.74, 6) is 1.54. The fraction of sp³-hybridized carbons (Fsp3) is 0.200. The van der Waals surface area contributed by atoms with E-state index in [9.17, 15) is 0 Å². The molecular weight excluding hydrogens is 384 g/mol. The first-order chi connectivity index (χ1) is 13.4. The van der Waals surface area contributed by atoms with Crippen LogP contribution in [0.2, 0.25) is 0 Å². The molecule has 1 aliphatic rings. The van der Waals surface area contributed by atoms with Crippen LogP contribution in [0.4, 0.5) is 0 Å². The molecule has 0 radical (unpaired) electrons. The minimum Gasteiger partial charge on any atom is -0.419 e. The molecule has 0 bridgehead atoms. The summed E-state index contributed by atoms with van der Waals surface area (Å²) in [4.78, 5) is 4.77. The molecular formula is C20H19ClN2O5. The van der Waals surface area contributed by atoms with Crippen molar-refractivity contribution in [3.05, 3.63) is 72.2 Å². The predicted octanol–water partition coefficient (Wildman–Crippen LogP) is -1.18. The van der Waals surface area contributed by atoms with Gasteiger partial charge in [0.05, 0.1) is 24.7 Å². The first kappa shape index (κ1) is 20.2. The van der Waals surface area contributed by atoms with E-state index >= 15 is 0 Å². The normalized spacial score (nSPS) is 13.8. The van der Waals surface area contributed by atoms with Gasteiger partial charge in [0, 0.05) is 5.56 Å². The molecule has 0 aliphatic carbocycles. The lowest BCUT2D eigenvalue weighted by Gasteiger charge is -2.17. The van der Waals surface area contributed by atoms with Gasteiger partial charge in [-0.15, -0.1) is 10.2 Å². The van der Waals surface area contributed by atoms with Gasteiger partial charge in [0.15, 0.2) is 0 Å². The van der Waals surface area contributed by atoms with Crippen LogP contribution in [0.5, 0.6) is 0 Å². The molecule has 1 aromatic heterocycles. The molecule has 0 unspecified atom stereocenters. The molecule has 0 amide bonds. The monoisotopic (exact) mass is 402 g/mol.